The number of aromatic nitrogens is 1. The van der Waals surface area contributed by atoms with Gasteiger partial charge in [-0.05, 0) is 18.2 Å². The van der Waals surface area contributed by atoms with Gasteiger partial charge in [0.2, 0.25) is 0 Å². The van der Waals surface area contributed by atoms with Gasteiger partial charge in [0, 0.05) is 17.3 Å². The Kier molecular flexibility index (Phi) is 3.23. The van der Waals surface area contributed by atoms with Crippen molar-refractivity contribution in [3.05, 3.63) is 48.0 Å². The zero-order chi connectivity index (χ0) is 13.1. The maximum absolute atomic E-state index is 13.8. The summed E-state index contributed by atoms with van der Waals surface area (Å²) in [5.74, 6) is -1.23. The fraction of sp³-hybridized carbons (Fsp3) is 0.0769. The van der Waals surface area contributed by atoms with E-state index in [0.717, 1.165) is 6.07 Å². The molecule has 0 atom stereocenters. The van der Waals surface area contributed by atoms with Crippen LogP contribution in [0.3, 0.4) is 0 Å². The zero-order valence-corrected chi connectivity index (χ0v) is 9.55. The predicted molar refractivity (Wildman–Crippen MR) is 62.6 cm³/mol. The van der Waals surface area contributed by atoms with Gasteiger partial charge in [-0.25, -0.2) is 9.18 Å². The van der Waals surface area contributed by atoms with Gasteiger partial charge in [0.15, 0.2) is 0 Å². The van der Waals surface area contributed by atoms with Crippen LogP contribution in [0.5, 0.6) is 5.75 Å². The van der Waals surface area contributed by atoms with Crippen molar-refractivity contribution in [3.63, 3.8) is 0 Å². The van der Waals surface area contributed by atoms with Gasteiger partial charge in [0.25, 0.3) is 0 Å². The van der Waals surface area contributed by atoms with Crippen molar-refractivity contribution in [2.45, 2.75) is 0 Å². The van der Waals surface area contributed by atoms with E-state index in [-0.39, 0.29) is 16.9 Å². The number of halogens is 1. The van der Waals surface area contributed by atoms with Crippen molar-refractivity contribution < 1.29 is 19.0 Å². The van der Waals surface area contributed by atoms with E-state index in [1.807, 2.05) is 0 Å². The molecule has 1 heterocycles. The number of nitrogens with zero attached hydrogens (tertiary/aromatic N) is 1. The number of carbonyl (C=O) groups excluding carboxylic acids is 1. The number of carbonyl (C=O) groups is 1. The molecular formula is C13H10FNO3. The molecule has 0 bridgehead atoms. The lowest BCUT2D eigenvalue weighted by Crippen LogP contribution is -2.01. The fourth-order valence-corrected chi connectivity index (χ4v) is 1.57. The molecule has 0 aliphatic rings. The first-order valence-electron chi connectivity index (χ1n) is 5.14. The monoisotopic (exact) mass is 247 g/mol. The maximum Gasteiger partial charge on any atom is 0.337 e. The third kappa shape index (κ3) is 2.29. The highest BCUT2D eigenvalue weighted by Crippen LogP contribution is 2.25. The molecule has 0 unspecified atom stereocenters. The lowest BCUT2D eigenvalue weighted by molar-refractivity contribution is 0.0600. The highest BCUT2D eigenvalue weighted by Gasteiger charge is 2.11. The average Bonchev–Trinajstić information content (AvgIpc) is 2.37. The van der Waals surface area contributed by atoms with Gasteiger partial charge in [-0.15, -0.1) is 0 Å². The Labute approximate surface area is 103 Å². The highest BCUT2D eigenvalue weighted by atomic mass is 19.1. The topological polar surface area (TPSA) is 59.4 Å². The molecule has 0 fully saturated rings. The molecule has 2 aromatic rings. The van der Waals surface area contributed by atoms with Crippen molar-refractivity contribution in [3.8, 4) is 16.9 Å². The van der Waals surface area contributed by atoms with E-state index >= 15 is 0 Å². The second kappa shape index (κ2) is 4.83. The summed E-state index contributed by atoms with van der Waals surface area (Å²) in [5, 5.41) is 9.29. The SMILES string of the molecule is COC(=O)c1ccc(-c2cncc(O)c2)c(F)c1. The lowest BCUT2D eigenvalue weighted by Gasteiger charge is -2.05. The molecule has 4 nitrogen and oxygen atoms in total. The van der Waals surface area contributed by atoms with Crippen molar-refractivity contribution in [2.24, 2.45) is 0 Å². The number of benzene rings is 1. The molecule has 0 aliphatic carbocycles. The Bertz CT molecular complexity index is 599. The van der Waals surface area contributed by atoms with E-state index in [2.05, 4.69) is 9.72 Å². The second-order valence-electron chi connectivity index (χ2n) is 3.62. The van der Waals surface area contributed by atoms with Crippen LogP contribution in [0.1, 0.15) is 10.4 Å². The first-order chi connectivity index (χ1) is 8.61. The Morgan fingerprint density at radius 1 is 1.33 bits per heavy atom. The van der Waals surface area contributed by atoms with E-state index in [0.29, 0.717) is 5.56 Å². The first kappa shape index (κ1) is 12.0. The molecule has 0 amide bonds. The van der Waals surface area contributed by atoms with Gasteiger partial charge in [0.05, 0.1) is 18.9 Å². The molecular weight excluding hydrogens is 237 g/mol. The predicted octanol–water partition coefficient (Wildman–Crippen LogP) is 2.38. The van der Waals surface area contributed by atoms with Crippen LogP contribution in [0, 0.1) is 5.82 Å². The van der Waals surface area contributed by atoms with E-state index in [1.165, 1.54) is 37.7 Å². The number of aromatic hydroxyl groups is 1. The molecule has 0 saturated heterocycles. The third-order valence-electron chi connectivity index (χ3n) is 2.43. The summed E-state index contributed by atoms with van der Waals surface area (Å²) in [6.07, 6.45) is 2.68. The molecule has 18 heavy (non-hydrogen) atoms. The summed E-state index contributed by atoms with van der Waals surface area (Å²) in [7, 11) is 1.23. The molecule has 0 aliphatic heterocycles. The highest BCUT2D eigenvalue weighted by molar-refractivity contribution is 5.90. The Morgan fingerprint density at radius 3 is 2.72 bits per heavy atom. The zero-order valence-electron chi connectivity index (χ0n) is 9.55. The summed E-state index contributed by atoms with van der Waals surface area (Å²) < 4.78 is 18.3. The second-order valence-corrected chi connectivity index (χ2v) is 3.62. The normalized spacial score (nSPS) is 10.1. The molecule has 0 spiro atoms. The number of methoxy groups -OCH3 is 1. The molecule has 5 heteroatoms. The summed E-state index contributed by atoms with van der Waals surface area (Å²) in [4.78, 5) is 15.0. The largest absolute Gasteiger partial charge is 0.506 e. The standard InChI is InChI=1S/C13H10FNO3/c1-18-13(17)8-2-3-11(12(14)5-8)9-4-10(16)7-15-6-9/h2-7,16H,1H3. The Hall–Kier alpha value is -2.43. The van der Waals surface area contributed by atoms with Crippen molar-refractivity contribution in [2.75, 3.05) is 7.11 Å². The van der Waals surface area contributed by atoms with E-state index in [9.17, 15) is 14.3 Å². The van der Waals surface area contributed by atoms with Crippen LogP contribution < -0.4 is 0 Å². The molecule has 0 radical (unpaired) electrons. The van der Waals surface area contributed by atoms with Gasteiger partial charge >= 0.3 is 5.97 Å². The van der Waals surface area contributed by atoms with E-state index in [4.69, 9.17) is 0 Å². The van der Waals surface area contributed by atoms with Crippen molar-refractivity contribution in [1.29, 1.82) is 0 Å². The van der Waals surface area contributed by atoms with Crippen LogP contribution in [0.4, 0.5) is 4.39 Å². The van der Waals surface area contributed by atoms with Crippen LogP contribution in [-0.4, -0.2) is 23.2 Å². The van der Waals surface area contributed by atoms with E-state index < -0.39 is 11.8 Å². The van der Waals surface area contributed by atoms with Gasteiger partial charge in [0.1, 0.15) is 11.6 Å². The fourth-order valence-electron chi connectivity index (χ4n) is 1.57. The first-order valence-corrected chi connectivity index (χ1v) is 5.14. The number of ether oxygens (including phenoxy) is 1. The minimum atomic E-state index is -0.602. The molecule has 2 rings (SSSR count). The van der Waals surface area contributed by atoms with E-state index in [1.54, 1.807) is 0 Å². The molecule has 0 saturated carbocycles. The average molecular weight is 247 g/mol. The summed E-state index contributed by atoms with van der Waals surface area (Å²) in [5.41, 5.74) is 0.821. The molecule has 1 aromatic heterocycles. The van der Waals surface area contributed by atoms with Crippen LogP contribution >= 0.6 is 0 Å². The Morgan fingerprint density at radius 2 is 2.11 bits per heavy atom. The number of hydrogen-bond acceptors (Lipinski definition) is 4. The summed E-state index contributed by atoms with van der Waals surface area (Å²) >= 11 is 0. The van der Waals surface area contributed by atoms with Gasteiger partial charge in [-0.3, -0.25) is 4.98 Å². The van der Waals surface area contributed by atoms with Gasteiger partial charge < -0.3 is 9.84 Å². The molecule has 1 N–H and O–H groups in total. The van der Waals surface area contributed by atoms with Gasteiger partial charge in [-0.1, -0.05) is 6.07 Å². The number of esters is 1. The number of rotatable bonds is 2. The lowest BCUT2D eigenvalue weighted by atomic mass is 10.0. The molecule has 1 aromatic carbocycles. The van der Waals surface area contributed by atoms with Crippen LogP contribution in [-0.2, 0) is 4.74 Å². The van der Waals surface area contributed by atoms with Crippen LogP contribution in [0.2, 0.25) is 0 Å². The minimum Gasteiger partial charge on any atom is -0.506 e. The number of hydrogen-bond donors (Lipinski definition) is 1. The maximum atomic E-state index is 13.8. The Balaban J connectivity index is 2.45. The van der Waals surface area contributed by atoms with Crippen LogP contribution in [0.15, 0.2) is 36.7 Å². The van der Waals surface area contributed by atoms with Crippen molar-refractivity contribution in [1.82, 2.24) is 4.98 Å². The smallest absolute Gasteiger partial charge is 0.337 e. The third-order valence-corrected chi connectivity index (χ3v) is 2.43. The summed E-state index contributed by atoms with van der Waals surface area (Å²) in [6, 6.07) is 5.38. The summed E-state index contributed by atoms with van der Waals surface area (Å²) in [6.45, 7) is 0. The quantitative estimate of drug-likeness (QED) is 0.828. The minimum absolute atomic E-state index is 0.0519. The van der Waals surface area contributed by atoms with Gasteiger partial charge in [-0.2, -0.15) is 0 Å². The molecule has 92 valence electrons. The van der Waals surface area contributed by atoms with Crippen molar-refractivity contribution >= 4 is 5.97 Å². The van der Waals surface area contributed by atoms with Crippen LogP contribution in [0.25, 0.3) is 11.1 Å². The number of pyridine rings is 1.